The first-order valence-electron chi connectivity index (χ1n) is 8.46. The number of methoxy groups -OCH3 is 1. The monoisotopic (exact) mass is 400 g/mol. The lowest BCUT2D eigenvalue weighted by Crippen LogP contribution is -2.10. The minimum atomic E-state index is -1.05. The van der Waals surface area contributed by atoms with Gasteiger partial charge < -0.3 is 15.8 Å². The van der Waals surface area contributed by atoms with E-state index in [0.717, 1.165) is 12.1 Å². The van der Waals surface area contributed by atoms with E-state index in [-0.39, 0.29) is 22.8 Å². The molecule has 4 rings (SSSR count). The van der Waals surface area contributed by atoms with Crippen LogP contribution in [-0.2, 0) is 0 Å². The fourth-order valence-electron chi connectivity index (χ4n) is 2.89. The molecule has 29 heavy (non-hydrogen) atoms. The molecule has 0 saturated heterocycles. The molecule has 4 aromatic rings. The summed E-state index contributed by atoms with van der Waals surface area (Å²) in [4.78, 5) is 12.3. The highest BCUT2D eigenvalue weighted by Gasteiger charge is 2.19. The first-order valence-corrected chi connectivity index (χ1v) is 8.46. The zero-order valence-electron chi connectivity index (χ0n) is 15.4. The third-order valence-electron chi connectivity index (χ3n) is 4.28. The topological polar surface area (TPSA) is 90.9 Å². The molecule has 7 nitrogen and oxygen atoms in total. The molecule has 2 aromatic heterocycles. The molecule has 0 aliphatic heterocycles. The van der Waals surface area contributed by atoms with E-state index in [9.17, 15) is 13.2 Å². The number of ether oxygens (including phenoxy) is 1. The Balaban J connectivity index is 1.82. The van der Waals surface area contributed by atoms with E-state index in [1.807, 2.05) is 0 Å². The molecule has 10 heteroatoms. The van der Waals surface area contributed by atoms with Crippen molar-refractivity contribution < 1.29 is 17.9 Å². The Morgan fingerprint density at radius 2 is 1.69 bits per heavy atom. The van der Waals surface area contributed by atoms with Gasteiger partial charge in [-0.05, 0) is 31.2 Å². The number of nitrogens with two attached hydrogens (primary N) is 1. The molecule has 0 aliphatic rings. The van der Waals surface area contributed by atoms with E-state index >= 15 is 0 Å². The quantitative estimate of drug-likeness (QED) is 0.540. The lowest BCUT2D eigenvalue weighted by molar-refractivity contribution is 0.415. The maximum absolute atomic E-state index is 14.5. The van der Waals surface area contributed by atoms with Gasteiger partial charge in [0.15, 0.2) is 23.3 Å². The molecule has 0 atom stereocenters. The molecule has 2 heterocycles. The third kappa shape index (κ3) is 3.28. The van der Waals surface area contributed by atoms with Gasteiger partial charge >= 0.3 is 0 Å². The summed E-state index contributed by atoms with van der Waals surface area (Å²) in [5, 5.41) is 2.83. The zero-order valence-corrected chi connectivity index (χ0v) is 15.4. The summed E-state index contributed by atoms with van der Waals surface area (Å²) in [6.07, 6.45) is 0. The number of aromatic nitrogens is 4. The predicted molar refractivity (Wildman–Crippen MR) is 102 cm³/mol. The number of rotatable bonds is 4. The number of hydrogen-bond acceptors (Lipinski definition) is 6. The molecule has 0 radical (unpaired) electrons. The van der Waals surface area contributed by atoms with E-state index in [1.165, 1.54) is 11.7 Å². The van der Waals surface area contributed by atoms with Gasteiger partial charge in [-0.15, -0.1) is 0 Å². The van der Waals surface area contributed by atoms with Crippen LogP contribution in [0.2, 0.25) is 0 Å². The van der Waals surface area contributed by atoms with Crippen molar-refractivity contribution in [2.24, 2.45) is 0 Å². The van der Waals surface area contributed by atoms with Crippen molar-refractivity contribution in [3.63, 3.8) is 0 Å². The largest absolute Gasteiger partial charge is 0.497 e. The van der Waals surface area contributed by atoms with Crippen LogP contribution in [0.15, 0.2) is 36.4 Å². The molecular weight excluding hydrogens is 385 g/mol. The van der Waals surface area contributed by atoms with Gasteiger partial charge in [-0.2, -0.15) is 14.4 Å². The van der Waals surface area contributed by atoms with Crippen molar-refractivity contribution >= 4 is 28.4 Å². The van der Waals surface area contributed by atoms with Crippen molar-refractivity contribution in [1.29, 1.82) is 0 Å². The highest BCUT2D eigenvalue weighted by atomic mass is 19.2. The highest BCUT2D eigenvalue weighted by molar-refractivity contribution is 5.78. The second-order valence-electron chi connectivity index (χ2n) is 6.17. The number of halogens is 3. The Labute approximate surface area is 163 Å². The summed E-state index contributed by atoms with van der Waals surface area (Å²) in [6, 6.07) is 8.67. The van der Waals surface area contributed by atoms with Gasteiger partial charge in [0.25, 0.3) is 0 Å². The first kappa shape index (κ1) is 18.5. The maximum Gasteiger partial charge on any atom is 0.239 e. The smallest absolute Gasteiger partial charge is 0.239 e. The van der Waals surface area contributed by atoms with Crippen LogP contribution in [0.3, 0.4) is 0 Å². The number of benzene rings is 2. The highest BCUT2D eigenvalue weighted by Crippen LogP contribution is 2.27. The minimum absolute atomic E-state index is 0.0362. The number of fused-ring (bicyclic) bond motifs is 1. The van der Waals surface area contributed by atoms with Gasteiger partial charge in [0.1, 0.15) is 11.6 Å². The summed E-state index contributed by atoms with van der Waals surface area (Å²) in [5.41, 5.74) is 6.69. The second kappa shape index (κ2) is 6.97. The van der Waals surface area contributed by atoms with Crippen molar-refractivity contribution in [2.45, 2.75) is 6.92 Å². The standard InChI is InChI=1S/C19H15F3N6O/c1-9-24-14-7-12(20)13(21)8-15(14)28(9)19-26-17(23)16(22)18(27-19)25-10-3-5-11(29-2)6-4-10/h3-8H,1-2H3,(H3,23,25,26,27). The number of nitrogen functional groups attached to an aromatic ring is 1. The van der Waals surface area contributed by atoms with E-state index in [4.69, 9.17) is 10.5 Å². The number of hydrogen-bond donors (Lipinski definition) is 2. The normalized spacial score (nSPS) is 11.1. The van der Waals surface area contributed by atoms with Gasteiger partial charge in [-0.3, -0.25) is 4.57 Å². The summed E-state index contributed by atoms with van der Waals surface area (Å²) < 4.78 is 48.3. The molecule has 0 unspecified atom stereocenters. The number of aryl methyl sites for hydroxylation is 1. The van der Waals surface area contributed by atoms with Gasteiger partial charge in [0.2, 0.25) is 11.8 Å². The summed E-state index contributed by atoms with van der Waals surface area (Å²) >= 11 is 0. The van der Waals surface area contributed by atoms with Crippen molar-refractivity contribution in [3.8, 4) is 11.7 Å². The third-order valence-corrected chi connectivity index (χ3v) is 4.28. The molecule has 0 aliphatic carbocycles. The Kier molecular flexibility index (Phi) is 4.45. The fourth-order valence-corrected chi connectivity index (χ4v) is 2.89. The lowest BCUT2D eigenvalue weighted by atomic mass is 10.3. The molecule has 0 fully saturated rings. The summed E-state index contributed by atoms with van der Waals surface area (Å²) in [6.45, 7) is 1.61. The predicted octanol–water partition coefficient (Wildman–Crippen LogP) is 3.88. The summed E-state index contributed by atoms with van der Waals surface area (Å²) in [5.74, 6) is -2.56. The molecule has 148 valence electrons. The van der Waals surface area contributed by atoms with Gasteiger partial charge in [0, 0.05) is 17.8 Å². The number of imidazole rings is 1. The number of nitrogens with one attached hydrogen (secondary N) is 1. The molecule has 0 saturated carbocycles. The molecule has 3 N–H and O–H groups in total. The van der Waals surface area contributed by atoms with Crippen molar-refractivity contribution in [3.05, 3.63) is 59.7 Å². The van der Waals surface area contributed by atoms with Gasteiger partial charge in [-0.1, -0.05) is 0 Å². The molecule has 0 spiro atoms. The molecule has 0 bridgehead atoms. The van der Waals surface area contributed by atoms with Crippen LogP contribution in [0.4, 0.5) is 30.5 Å². The van der Waals surface area contributed by atoms with E-state index < -0.39 is 23.3 Å². The Morgan fingerprint density at radius 3 is 2.38 bits per heavy atom. The first-order chi connectivity index (χ1) is 13.9. The molecule has 2 aromatic carbocycles. The van der Waals surface area contributed by atoms with Crippen LogP contribution >= 0.6 is 0 Å². The van der Waals surface area contributed by atoms with Crippen LogP contribution in [0.5, 0.6) is 5.75 Å². The average Bonchev–Trinajstić information content (AvgIpc) is 3.01. The molecular formula is C19H15F3N6O. The lowest BCUT2D eigenvalue weighted by Gasteiger charge is -2.12. The Bertz CT molecular complexity index is 1220. The fraction of sp³-hybridized carbons (Fsp3) is 0.105. The zero-order chi connectivity index (χ0) is 20.7. The summed E-state index contributed by atoms with van der Waals surface area (Å²) in [7, 11) is 1.53. The number of nitrogens with zero attached hydrogens (tertiary/aromatic N) is 4. The van der Waals surface area contributed by atoms with E-state index in [0.29, 0.717) is 17.3 Å². The molecule has 0 amide bonds. The van der Waals surface area contributed by atoms with E-state index in [1.54, 1.807) is 31.2 Å². The van der Waals surface area contributed by atoms with Crippen LogP contribution in [0.25, 0.3) is 17.0 Å². The van der Waals surface area contributed by atoms with Crippen LogP contribution in [-0.4, -0.2) is 26.6 Å². The SMILES string of the molecule is COc1ccc(Nc2nc(-n3c(C)nc4cc(F)c(F)cc43)nc(N)c2F)cc1. The minimum Gasteiger partial charge on any atom is -0.497 e. The van der Waals surface area contributed by atoms with Crippen LogP contribution < -0.4 is 15.8 Å². The van der Waals surface area contributed by atoms with Crippen LogP contribution in [0, 0.1) is 24.4 Å². The van der Waals surface area contributed by atoms with E-state index in [2.05, 4.69) is 20.3 Å². The van der Waals surface area contributed by atoms with Crippen molar-refractivity contribution in [1.82, 2.24) is 19.5 Å². The van der Waals surface area contributed by atoms with Crippen molar-refractivity contribution in [2.75, 3.05) is 18.2 Å². The van der Waals surface area contributed by atoms with Gasteiger partial charge in [0.05, 0.1) is 18.1 Å². The second-order valence-corrected chi connectivity index (χ2v) is 6.17. The van der Waals surface area contributed by atoms with Crippen LogP contribution in [0.1, 0.15) is 5.82 Å². The number of anilines is 3. The van der Waals surface area contributed by atoms with Gasteiger partial charge in [-0.25, -0.2) is 13.8 Å². The Morgan fingerprint density at radius 1 is 1.00 bits per heavy atom. The maximum atomic E-state index is 14.5. The average molecular weight is 400 g/mol. The Hall–Kier alpha value is -3.82.